The van der Waals surface area contributed by atoms with Gasteiger partial charge in [-0.2, -0.15) is 10.6 Å². The first kappa shape index (κ1) is 15.0. The van der Waals surface area contributed by atoms with E-state index >= 15 is 0 Å². The number of aryl methyl sites for hydroxylation is 2. The van der Waals surface area contributed by atoms with E-state index in [4.69, 9.17) is 16.4 Å². The Labute approximate surface area is 124 Å². The van der Waals surface area contributed by atoms with Gasteiger partial charge in [0.2, 0.25) is 0 Å². The van der Waals surface area contributed by atoms with Gasteiger partial charge in [0.15, 0.2) is 0 Å². The third kappa shape index (κ3) is 3.60. The van der Waals surface area contributed by atoms with Crippen molar-refractivity contribution >= 4 is 11.6 Å². The Hall–Kier alpha value is -1.36. The molecule has 1 N–H and O–H groups in total. The normalized spacial score (nSPS) is 10.9. The molecule has 0 unspecified atom stereocenters. The molecule has 0 saturated carbocycles. The van der Waals surface area contributed by atoms with Crippen molar-refractivity contribution in [2.45, 2.75) is 40.0 Å². The first-order valence-electron chi connectivity index (χ1n) is 6.88. The molecule has 0 bridgehead atoms. The van der Waals surface area contributed by atoms with E-state index in [2.05, 4.69) is 24.4 Å². The zero-order chi connectivity index (χ0) is 14.4. The summed E-state index contributed by atoms with van der Waals surface area (Å²) in [6.45, 7) is 5.98. The lowest BCUT2D eigenvalue weighted by molar-refractivity contribution is 0.0222. The number of nitrogens with zero attached hydrogens (tertiary/aromatic N) is 2. The van der Waals surface area contributed by atoms with Crippen LogP contribution < -0.4 is 5.48 Å². The van der Waals surface area contributed by atoms with Crippen LogP contribution in [0.15, 0.2) is 30.3 Å². The van der Waals surface area contributed by atoms with E-state index in [0.29, 0.717) is 13.2 Å². The smallest absolute Gasteiger partial charge is 0.0933 e. The van der Waals surface area contributed by atoms with E-state index in [0.717, 1.165) is 34.9 Å². The van der Waals surface area contributed by atoms with Crippen molar-refractivity contribution in [3.63, 3.8) is 0 Å². The molecule has 0 radical (unpaired) electrons. The Kier molecular flexibility index (Phi) is 5.59. The summed E-state index contributed by atoms with van der Waals surface area (Å²) in [4.78, 5) is 5.47. The summed E-state index contributed by atoms with van der Waals surface area (Å²) in [5, 5.41) is 5.21. The summed E-state index contributed by atoms with van der Waals surface area (Å²) < 4.78 is 1.92. The molecule has 0 fully saturated rings. The van der Waals surface area contributed by atoms with E-state index in [-0.39, 0.29) is 0 Å². The van der Waals surface area contributed by atoms with Crippen LogP contribution in [0.3, 0.4) is 0 Å². The molecule has 2 rings (SSSR count). The van der Waals surface area contributed by atoms with Gasteiger partial charge in [0.05, 0.1) is 29.6 Å². The molecule has 1 aromatic carbocycles. The summed E-state index contributed by atoms with van der Waals surface area (Å²) in [6.07, 6.45) is 0.837. The molecule has 0 saturated heterocycles. The Balaban J connectivity index is 1.89. The molecular weight excluding hydrogens is 274 g/mol. The number of hydroxylamine groups is 1. The highest BCUT2D eigenvalue weighted by Crippen LogP contribution is 2.21. The van der Waals surface area contributed by atoms with Crippen molar-refractivity contribution in [1.82, 2.24) is 15.3 Å². The highest BCUT2D eigenvalue weighted by atomic mass is 35.5. The standard InChI is InChI=1S/C15H20ClN3O/c1-3-13-15(16)14(19(4-2)18-13)10-17-20-11-12-8-6-5-7-9-12/h5-9,17H,3-4,10-11H2,1-2H3. The molecule has 0 aliphatic rings. The van der Waals surface area contributed by atoms with Gasteiger partial charge in [-0.05, 0) is 18.9 Å². The third-order valence-corrected chi connectivity index (χ3v) is 3.55. The summed E-state index contributed by atoms with van der Waals surface area (Å²) in [5.41, 5.74) is 6.00. The fraction of sp³-hybridized carbons (Fsp3) is 0.400. The Morgan fingerprint density at radius 3 is 2.65 bits per heavy atom. The van der Waals surface area contributed by atoms with Crippen LogP contribution in [0.5, 0.6) is 0 Å². The number of hydrogen-bond donors (Lipinski definition) is 1. The fourth-order valence-corrected chi connectivity index (χ4v) is 2.35. The van der Waals surface area contributed by atoms with Gasteiger partial charge in [-0.25, -0.2) is 0 Å². The predicted octanol–water partition coefficient (Wildman–Crippen LogP) is 3.34. The maximum Gasteiger partial charge on any atom is 0.0933 e. The summed E-state index contributed by atoms with van der Waals surface area (Å²) >= 11 is 6.33. The topological polar surface area (TPSA) is 39.1 Å². The van der Waals surface area contributed by atoms with Gasteiger partial charge in [0.1, 0.15) is 0 Å². The maximum absolute atomic E-state index is 6.33. The lowest BCUT2D eigenvalue weighted by atomic mass is 10.2. The Morgan fingerprint density at radius 1 is 1.25 bits per heavy atom. The van der Waals surface area contributed by atoms with Crippen LogP contribution in [0.25, 0.3) is 0 Å². The first-order chi connectivity index (χ1) is 9.76. The molecule has 0 aliphatic carbocycles. The van der Waals surface area contributed by atoms with Crippen LogP contribution in [0.4, 0.5) is 0 Å². The predicted molar refractivity (Wildman–Crippen MR) is 80.4 cm³/mol. The second-order valence-corrected chi connectivity index (χ2v) is 4.85. The largest absolute Gasteiger partial charge is 0.297 e. The highest BCUT2D eigenvalue weighted by Gasteiger charge is 2.13. The molecule has 108 valence electrons. The number of nitrogens with one attached hydrogen (secondary N) is 1. The number of halogens is 1. The minimum Gasteiger partial charge on any atom is -0.297 e. The molecule has 0 atom stereocenters. The van der Waals surface area contributed by atoms with Crippen LogP contribution >= 0.6 is 11.6 Å². The highest BCUT2D eigenvalue weighted by molar-refractivity contribution is 6.31. The van der Waals surface area contributed by atoms with Crippen LogP contribution in [0, 0.1) is 0 Å². The van der Waals surface area contributed by atoms with Crippen molar-refractivity contribution in [3.8, 4) is 0 Å². The molecule has 5 heteroatoms. The van der Waals surface area contributed by atoms with Crippen molar-refractivity contribution in [3.05, 3.63) is 52.3 Å². The van der Waals surface area contributed by atoms with Crippen molar-refractivity contribution in [1.29, 1.82) is 0 Å². The molecule has 4 nitrogen and oxygen atoms in total. The minimum absolute atomic E-state index is 0.527. The Morgan fingerprint density at radius 2 is 2.00 bits per heavy atom. The second-order valence-electron chi connectivity index (χ2n) is 4.47. The van der Waals surface area contributed by atoms with Gasteiger partial charge in [-0.3, -0.25) is 9.52 Å². The lowest BCUT2D eigenvalue weighted by Crippen LogP contribution is -2.17. The van der Waals surface area contributed by atoms with Gasteiger partial charge in [-0.1, -0.05) is 48.9 Å². The third-order valence-electron chi connectivity index (χ3n) is 3.12. The van der Waals surface area contributed by atoms with Crippen molar-refractivity contribution < 1.29 is 4.84 Å². The molecule has 0 aliphatic heterocycles. The lowest BCUT2D eigenvalue weighted by Gasteiger charge is -2.08. The number of rotatable bonds is 7. The van der Waals surface area contributed by atoms with E-state index in [1.807, 2.05) is 35.0 Å². The monoisotopic (exact) mass is 293 g/mol. The molecule has 0 amide bonds. The quantitative estimate of drug-likeness (QED) is 0.628. The number of aromatic nitrogens is 2. The molecule has 20 heavy (non-hydrogen) atoms. The van der Waals surface area contributed by atoms with E-state index in [1.54, 1.807) is 0 Å². The summed E-state index contributed by atoms with van der Waals surface area (Å²) in [6, 6.07) is 10.0. The fourth-order valence-electron chi connectivity index (χ4n) is 2.01. The van der Waals surface area contributed by atoms with Gasteiger partial charge in [0, 0.05) is 6.54 Å². The molecule has 1 aromatic heterocycles. The summed E-state index contributed by atoms with van der Waals surface area (Å²) in [7, 11) is 0. The van der Waals surface area contributed by atoms with Crippen LogP contribution in [0.1, 0.15) is 30.8 Å². The maximum atomic E-state index is 6.33. The minimum atomic E-state index is 0.527. The van der Waals surface area contributed by atoms with E-state index < -0.39 is 0 Å². The Bertz CT molecular complexity index is 540. The first-order valence-corrected chi connectivity index (χ1v) is 7.26. The number of benzene rings is 1. The van der Waals surface area contributed by atoms with Gasteiger partial charge < -0.3 is 0 Å². The molecule has 0 spiro atoms. The second kappa shape index (κ2) is 7.43. The number of hydrogen-bond acceptors (Lipinski definition) is 3. The van der Waals surface area contributed by atoms with E-state index in [1.165, 1.54) is 0 Å². The average Bonchev–Trinajstić information content (AvgIpc) is 2.80. The summed E-state index contributed by atoms with van der Waals surface area (Å²) in [5.74, 6) is 0. The van der Waals surface area contributed by atoms with Crippen LogP contribution in [-0.4, -0.2) is 9.78 Å². The van der Waals surface area contributed by atoms with Crippen LogP contribution in [-0.2, 0) is 31.0 Å². The average molecular weight is 294 g/mol. The van der Waals surface area contributed by atoms with Crippen molar-refractivity contribution in [2.24, 2.45) is 0 Å². The van der Waals surface area contributed by atoms with Crippen molar-refractivity contribution in [2.75, 3.05) is 0 Å². The zero-order valence-electron chi connectivity index (χ0n) is 11.9. The van der Waals surface area contributed by atoms with Gasteiger partial charge in [0.25, 0.3) is 0 Å². The van der Waals surface area contributed by atoms with Gasteiger partial charge >= 0.3 is 0 Å². The van der Waals surface area contributed by atoms with E-state index in [9.17, 15) is 0 Å². The molecule has 2 aromatic rings. The van der Waals surface area contributed by atoms with Gasteiger partial charge in [-0.15, -0.1) is 0 Å². The molecular formula is C15H20ClN3O. The SMILES string of the molecule is CCc1nn(CC)c(CNOCc2ccccc2)c1Cl. The zero-order valence-corrected chi connectivity index (χ0v) is 12.7. The molecule has 1 heterocycles. The van der Waals surface area contributed by atoms with Crippen LogP contribution in [0.2, 0.25) is 5.02 Å².